The first-order valence-corrected chi connectivity index (χ1v) is 28.4. The van der Waals surface area contributed by atoms with Gasteiger partial charge in [-0.15, -0.1) is 0 Å². The van der Waals surface area contributed by atoms with Crippen LogP contribution in [0.4, 0.5) is 0 Å². The van der Waals surface area contributed by atoms with Crippen LogP contribution in [0.3, 0.4) is 0 Å². The molecule has 79 heavy (non-hydrogen) atoms. The van der Waals surface area contributed by atoms with E-state index in [2.05, 4.69) is 16.1 Å². The van der Waals surface area contributed by atoms with E-state index in [1.165, 1.54) is 30.1 Å². The zero-order valence-electron chi connectivity index (χ0n) is 48.1. The molecule has 19 heteroatoms. The van der Waals surface area contributed by atoms with Gasteiger partial charge in [-0.2, -0.15) is 0 Å². The second-order valence-electron chi connectivity index (χ2n) is 23.0. The first kappa shape index (κ1) is 66.2. The number of aliphatic hydroxyl groups excluding tert-OH is 4. The molecule has 0 aliphatic carbocycles. The van der Waals surface area contributed by atoms with Crippen molar-refractivity contribution in [3.8, 4) is 5.75 Å². The summed E-state index contributed by atoms with van der Waals surface area (Å²) in [6.45, 7) is 17.5. The van der Waals surface area contributed by atoms with Gasteiger partial charge in [-0.1, -0.05) is 110 Å². The number of aliphatic hydroxyl groups is 5. The number of phenolic OH excluding ortho intramolecular Hbond substituents is 1. The van der Waals surface area contributed by atoms with Crippen molar-refractivity contribution in [1.29, 1.82) is 0 Å². The van der Waals surface area contributed by atoms with E-state index in [-0.39, 0.29) is 68.4 Å². The molecule has 2 fully saturated rings. The Morgan fingerprint density at radius 2 is 1.68 bits per heavy atom. The highest BCUT2D eigenvalue weighted by Gasteiger charge is 2.53. The lowest BCUT2D eigenvalue weighted by molar-refractivity contribution is -0.342. The summed E-state index contributed by atoms with van der Waals surface area (Å²) in [4.78, 5) is 81.1. The van der Waals surface area contributed by atoms with Gasteiger partial charge in [0, 0.05) is 61.8 Å². The molecule has 0 radical (unpaired) electrons. The summed E-state index contributed by atoms with van der Waals surface area (Å²) in [5.74, 6) is -9.91. The minimum absolute atomic E-state index is 0.0444. The summed E-state index contributed by atoms with van der Waals surface area (Å²) in [6.07, 6.45) is 9.08. The zero-order chi connectivity index (χ0) is 58.9. The van der Waals surface area contributed by atoms with Crippen molar-refractivity contribution in [1.82, 2.24) is 21.1 Å². The maximum Gasteiger partial charge on any atom is 0.325 e. The molecule has 4 rings (SSSR count). The number of rotatable bonds is 19. The Morgan fingerprint density at radius 3 is 2.33 bits per heavy atom. The summed E-state index contributed by atoms with van der Waals surface area (Å²) in [5, 5.41) is 74.5. The number of carbonyl (C=O) groups is 6. The van der Waals surface area contributed by atoms with Crippen LogP contribution in [0.15, 0.2) is 72.4 Å². The van der Waals surface area contributed by atoms with Crippen molar-refractivity contribution in [3.05, 3.63) is 77.9 Å². The van der Waals surface area contributed by atoms with E-state index in [9.17, 15) is 59.4 Å². The van der Waals surface area contributed by atoms with Crippen LogP contribution in [0, 0.1) is 47.3 Å². The molecule has 2 bridgehead atoms. The fourth-order valence-electron chi connectivity index (χ4n) is 10.8. The number of nitrogens with one attached hydrogen (secondary N) is 3. The quantitative estimate of drug-likeness (QED) is 0.0660. The average molecular weight is 1110 g/mol. The maximum atomic E-state index is 14.5. The fraction of sp³-hybridized carbons (Fsp3) is 0.667. The summed E-state index contributed by atoms with van der Waals surface area (Å²) < 4.78 is 12.5. The second-order valence-corrected chi connectivity index (χ2v) is 23.0. The van der Waals surface area contributed by atoms with Gasteiger partial charge in [0.25, 0.3) is 5.91 Å². The monoisotopic (exact) mass is 1110 g/mol. The van der Waals surface area contributed by atoms with Gasteiger partial charge in [0.15, 0.2) is 5.79 Å². The highest BCUT2D eigenvalue weighted by atomic mass is 16.6. The van der Waals surface area contributed by atoms with Crippen LogP contribution in [-0.4, -0.2) is 138 Å². The number of ether oxygens (including phenoxy) is 2. The van der Waals surface area contributed by atoms with E-state index in [4.69, 9.17) is 15.2 Å². The predicted molar refractivity (Wildman–Crippen MR) is 299 cm³/mol. The predicted octanol–water partition coefficient (Wildman–Crippen LogP) is 4.76. The van der Waals surface area contributed by atoms with Crippen molar-refractivity contribution in [2.75, 3.05) is 6.54 Å². The van der Waals surface area contributed by atoms with Gasteiger partial charge in [0.2, 0.25) is 17.7 Å². The number of benzene rings is 1. The number of amides is 4. The number of aromatic hydroxyl groups is 1. The van der Waals surface area contributed by atoms with Crippen molar-refractivity contribution in [2.45, 2.75) is 200 Å². The van der Waals surface area contributed by atoms with E-state index in [0.717, 1.165) is 0 Å². The zero-order valence-corrected chi connectivity index (χ0v) is 48.1. The lowest BCUT2D eigenvalue weighted by Crippen LogP contribution is -2.62. The first-order valence-electron chi connectivity index (χ1n) is 28.4. The summed E-state index contributed by atoms with van der Waals surface area (Å²) in [7, 11) is 0. The SMILES string of the molecule is CC[C@@H](C[C@H](C)[C@@]1(O)O[C@@H](C[C@H](O)[C@@H](C)CCC=CC=C(C)[C@@H]2CC=CC=C[C@@H](O)[C@H](C)[C@@H](O)[C@@H](CCC(C)=O)C(=O)N[C@@H](C(C)C)C(=O)N[C@@H](Cc3cccc(O)c3)C(=O)N3CCC[C@H](N3)C(=O)O2)[C@H](C)[C@H](O)[C@@H]1C)C(N)=O. The van der Waals surface area contributed by atoms with Crippen molar-refractivity contribution < 1.29 is 68.9 Å². The molecule has 3 heterocycles. The number of fused-ring (bicyclic) bond motifs is 2. The Labute approximate surface area is 467 Å². The molecule has 0 spiro atoms. The number of cyclic esters (lactones) is 1. The van der Waals surface area contributed by atoms with Crippen LogP contribution in [0.5, 0.6) is 5.75 Å². The lowest BCUT2D eigenvalue weighted by Gasteiger charge is -2.51. The number of hydrogen-bond donors (Lipinski definition) is 10. The number of esters is 1. The van der Waals surface area contributed by atoms with E-state index in [1.807, 2.05) is 45.9 Å². The third-order valence-electron chi connectivity index (χ3n) is 16.5. The molecule has 3 aliphatic heterocycles. The number of Topliss-reactive ketones (excluding diaryl/α,β-unsaturated/α-hetero) is 1. The summed E-state index contributed by atoms with van der Waals surface area (Å²) in [6, 6.07) is 2.84. The highest BCUT2D eigenvalue weighted by molar-refractivity contribution is 5.93. The highest BCUT2D eigenvalue weighted by Crippen LogP contribution is 2.44. The van der Waals surface area contributed by atoms with Gasteiger partial charge in [0.1, 0.15) is 35.8 Å². The van der Waals surface area contributed by atoms with E-state index >= 15 is 0 Å². The van der Waals surface area contributed by atoms with Gasteiger partial charge in [-0.05, 0) is 93.9 Å². The Hall–Kier alpha value is -5.28. The Morgan fingerprint density at radius 1 is 0.975 bits per heavy atom. The second kappa shape index (κ2) is 31.1. The summed E-state index contributed by atoms with van der Waals surface area (Å²) >= 11 is 0. The van der Waals surface area contributed by atoms with Crippen molar-refractivity contribution in [2.24, 2.45) is 53.1 Å². The molecule has 11 N–H and O–H groups in total. The number of hydrazine groups is 1. The third-order valence-corrected chi connectivity index (χ3v) is 16.5. The number of hydrogen-bond acceptors (Lipinski definition) is 15. The molecule has 442 valence electrons. The van der Waals surface area contributed by atoms with Crippen LogP contribution in [0.1, 0.15) is 139 Å². The molecule has 0 saturated carbocycles. The molecule has 1 aromatic carbocycles. The molecule has 17 atom stereocenters. The Bertz CT molecular complexity index is 2320. The number of nitrogens with zero attached hydrogens (tertiary/aromatic N) is 1. The van der Waals surface area contributed by atoms with Gasteiger partial charge in [0.05, 0.1) is 36.4 Å². The van der Waals surface area contributed by atoms with E-state index < -0.39 is 126 Å². The minimum atomic E-state index is -1.74. The number of ketones is 1. The topological polar surface area (TPSA) is 308 Å². The van der Waals surface area contributed by atoms with Crippen LogP contribution in [-0.2, 0) is 44.7 Å². The molecule has 3 aliphatic rings. The number of allylic oxidation sites excluding steroid dienone is 5. The number of carbonyl (C=O) groups excluding carboxylic acids is 6. The molecule has 4 amide bonds. The normalized spacial score (nSPS) is 31.8. The molecule has 1 aromatic rings. The average Bonchev–Trinajstić information content (AvgIpc) is 3.47. The van der Waals surface area contributed by atoms with Crippen LogP contribution < -0.4 is 21.8 Å². The third kappa shape index (κ3) is 18.9. The molecule has 0 aromatic heterocycles. The van der Waals surface area contributed by atoms with Gasteiger partial charge in [-0.25, -0.2) is 5.43 Å². The fourth-order valence-corrected chi connectivity index (χ4v) is 10.8. The van der Waals surface area contributed by atoms with E-state index in [0.29, 0.717) is 43.2 Å². The molecule has 2 saturated heterocycles. The Balaban J connectivity index is 1.57. The smallest absolute Gasteiger partial charge is 0.325 e. The summed E-state index contributed by atoms with van der Waals surface area (Å²) in [5.41, 5.74) is 9.85. The van der Waals surface area contributed by atoms with Gasteiger partial charge < -0.3 is 61.3 Å². The molecular formula is C60H93N5O14. The molecule has 0 unspecified atom stereocenters. The van der Waals surface area contributed by atoms with Crippen LogP contribution in [0.25, 0.3) is 0 Å². The molecule has 19 nitrogen and oxygen atoms in total. The van der Waals surface area contributed by atoms with Gasteiger partial charge in [-0.3, -0.25) is 29.0 Å². The van der Waals surface area contributed by atoms with Crippen molar-refractivity contribution in [3.63, 3.8) is 0 Å². The lowest BCUT2D eigenvalue weighted by atomic mass is 9.73. The number of primary amides is 1. The van der Waals surface area contributed by atoms with E-state index in [1.54, 1.807) is 65.0 Å². The van der Waals surface area contributed by atoms with Crippen molar-refractivity contribution >= 4 is 35.4 Å². The molecular weight excluding hydrogens is 1010 g/mol. The van der Waals surface area contributed by atoms with Crippen LogP contribution >= 0.6 is 0 Å². The largest absolute Gasteiger partial charge is 0.508 e. The number of phenols is 1. The number of nitrogens with two attached hydrogens (primary N) is 1. The van der Waals surface area contributed by atoms with Gasteiger partial charge >= 0.3 is 5.97 Å². The maximum absolute atomic E-state index is 14.5. The standard InChI is InChI=1S/C60H93N5O14/c1-11-43(55(61)72)30-37(6)60(77)41(10)53(70)40(9)51(79-60)33-49(69)35(4)20-14-12-15-21-36(5)50-26-17-13-16-25-48(68)39(8)54(71)45(28-27-38(7)66)56(73)63-52(34(2)3)57(74)62-47(32-42-22-18-23-44(67)31-42)58(75)65-29-19-24-46(64-65)59(76)78-50/h12-13,15-18,21-23,25,31,34-35,37,39-41,43,45-54,64,67-71,77H,11,14,19-20,24,26-30,32-33H2,1-10H3,(H2,61,72)(H,62,74)(H,63,73)/t35-,37-,39-,40-,41-,43-,45+,46-,47-,48+,49-,50-,51-,52-,53-,54+,60+/m0/s1. The van der Waals surface area contributed by atoms with Crippen LogP contribution in [0.2, 0.25) is 0 Å². The Kier molecular flexibility index (Phi) is 26.1. The minimum Gasteiger partial charge on any atom is -0.508 e. The first-order chi connectivity index (χ1) is 37.2.